The molecule has 3 rings (SSSR count). The molecule has 0 aromatic carbocycles. The average molecular weight is 353 g/mol. The van der Waals surface area contributed by atoms with E-state index in [0.29, 0.717) is 32.5 Å². The molecule has 2 saturated heterocycles. The van der Waals surface area contributed by atoms with Gasteiger partial charge in [0.2, 0.25) is 5.91 Å². The molecule has 1 saturated carbocycles. The van der Waals surface area contributed by atoms with Crippen molar-refractivity contribution in [3.63, 3.8) is 0 Å². The number of primary amides is 1. The number of nitrogens with zero attached hydrogens (tertiary/aromatic N) is 1. The summed E-state index contributed by atoms with van der Waals surface area (Å²) in [5.74, 6) is -2.22. The van der Waals surface area contributed by atoms with Crippen molar-refractivity contribution in [2.75, 3.05) is 26.2 Å². The van der Waals surface area contributed by atoms with Crippen LogP contribution in [0.15, 0.2) is 0 Å². The van der Waals surface area contributed by atoms with Crippen molar-refractivity contribution >= 4 is 17.7 Å². The maximum Gasteiger partial charge on any atom is 0.311 e. The molecule has 2 aliphatic heterocycles. The Kier molecular flexibility index (Phi) is 5.58. The molecule has 3 N–H and O–H groups in total. The molecule has 0 radical (unpaired) electrons. The van der Waals surface area contributed by atoms with Gasteiger partial charge in [-0.3, -0.25) is 14.4 Å². The Morgan fingerprint density at radius 3 is 2.44 bits per heavy atom. The van der Waals surface area contributed by atoms with Crippen LogP contribution in [0.4, 0.5) is 0 Å². The summed E-state index contributed by atoms with van der Waals surface area (Å²) in [7, 11) is 0. The van der Waals surface area contributed by atoms with Gasteiger partial charge in [0, 0.05) is 38.4 Å². The van der Waals surface area contributed by atoms with Crippen molar-refractivity contribution in [3.8, 4) is 0 Å². The van der Waals surface area contributed by atoms with E-state index in [-0.39, 0.29) is 24.5 Å². The van der Waals surface area contributed by atoms with Crippen molar-refractivity contribution in [2.24, 2.45) is 11.7 Å². The summed E-state index contributed by atoms with van der Waals surface area (Å²) in [4.78, 5) is 36.9. The molecule has 3 amide bonds. The Morgan fingerprint density at radius 2 is 1.80 bits per heavy atom. The van der Waals surface area contributed by atoms with Crippen LogP contribution in [-0.2, 0) is 23.9 Å². The lowest BCUT2D eigenvalue weighted by molar-refractivity contribution is -0.186. The predicted molar refractivity (Wildman–Crippen MR) is 88.1 cm³/mol. The maximum absolute atomic E-state index is 12.2. The first-order chi connectivity index (χ1) is 12.0. The molecule has 0 aromatic heterocycles. The number of carbonyl (C=O) groups is 3. The van der Waals surface area contributed by atoms with E-state index in [9.17, 15) is 14.4 Å². The Morgan fingerprint density at radius 1 is 1.12 bits per heavy atom. The Labute approximate surface area is 147 Å². The lowest BCUT2D eigenvalue weighted by atomic mass is 9.94. The van der Waals surface area contributed by atoms with Crippen LogP contribution >= 0.6 is 0 Å². The smallest absolute Gasteiger partial charge is 0.311 e. The molecule has 2 heterocycles. The lowest BCUT2D eigenvalue weighted by Gasteiger charge is -2.32. The minimum absolute atomic E-state index is 0.206. The molecule has 1 aliphatic carbocycles. The number of likely N-dealkylation sites (tertiary alicyclic amines) is 1. The SMILES string of the molecule is NC(=O)C1CCN(C(=O)C(=O)NC[C@@H]2COC3(CCCCC3)O2)CC1. The topological polar surface area (TPSA) is 111 Å². The number of hydrogen-bond donors (Lipinski definition) is 2. The van der Waals surface area contributed by atoms with Crippen LogP contribution in [0, 0.1) is 5.92 Å². The molecule has 3 aliphatic rings. The van der Waals surface area contributed by atoms with E-state index in [4.69, 9.17) is 15.2 Å². The molecule has 0 bridgehead atoms. The number of nitrogens with one attached hydrogen (secondary N) is 1. The summed E-state index contributed by atoms with van der Waals surface area (Å²) in [6.45, 7) is 1.47. The van der Waals surface area contributed by atoms with Crippen LogP contribution < -0.4 is 11.1 Å². The first-order valence-electron chi connectivity index (χ1n) is 9.17. The highest BCUT2D eigenvalue weighted by molar-refractivity contribution is 6.35. The average Bonchev–Trinajstić information content (AvgIpc) is 3.02. The summed E-state index contributed by atoms with van der Waals surface area (Å²) in [5.41, 5.74) is 5.28. The normalized spacial score (nSPS) is 26.6. The summed E-state index contributed by atoms with van der Waals surface area (Å²) in [6.07, 6.45) is 5.99. The molecular weight excluding hydrogens is 326 g/mol. The fraction of sp³-hybridized carbons (Fsp3) is 0.824. The largest absolute Gasteiger partial charge is 0.369 e. The maximum atomic E-state index is 12.2. The second kappa shape index (κ2) is 7.70. The zero-order chi connectivity index (χ0) is 17.9. The highest BCUT2D eigenvalue weighted by atomic mass is 16.7. The van der Waals surface area contributed by atoms with Gasteiger partial charge in [-0.25, -0.2) is 0 Å². The minimum Gasteiger partial charge on any atom is -0.369 e. The van der Waals surface area contributed by atoms with Crippen LogP contribution in [0.25, 0.3) is 0 Å². The van der Waals surface area contributed by atoms with Gasteiger partial charge in [0.15, 0.2) is 5.79 Å². The van der Waals surface area contributed by atoms with E-state index in [1.54, 1.807) is 0 Å². The van der Waals surface area contributed by atoms with Crippen LogP contribution in [0.1, 0.15) is 44.9 Å². The number of nitrogens with two attached hydrogens (primary N) is 1. The van der Waals surface area contributed by atoms with Crippen LogP contribution in [-0.4, -0.2) is 60.8 Å². The fourth-order valence-electron chi connectivity index (χ4n) is 3.86. The van der Waals surface area contributed by atoms with Gasteiger partial charge in [-0.1, -0.05) is 6.42 Å². The highest BCUT2D eigenvalue weighted by Gasteiger charge is 2.42. The molecular formula is C17H27N3O5. The summed E-state index contributed by atoms with van der Waals surface area (Å²) in [6, 6.07) is 0. The second-order valence-corrected chi connectivity index (χ2v) is 7.20. The molecule has 8 nitrogen and oxygen atoms in total. The highest BCUT2D eigenvalue weighted by Crippen LogP contribution is 2.37. The summed E-state index contributed by atoms with van der Waals surface area (Å²) < 4.78 is 11.8. The van der Waals surface area contributed by atoms with E-state index in [2.05, 4.69) is 5.32 Å². The summed E-state index contributed by atoms with van der Waals surface area (Å²) in [5, 5.41) is 2.65. The Hall–Kier alpha value is -1.67. The predicted octanol–water partition coefficient (Wildman–Crippen LogP) is -0.0977. The molecule has 0 unspecified atom stereocenters. The number of hydrogen-bond acceptors (Lipinski definition) is 5. The van der Waals surface area contributed by atoms with Gasteiger partial charge in [-0.05, 0) is 25.7 Å². The summed E-state index contributed by atoms with van der Waals surface area (Å²) >= 11 is 0. The molecule has 140 valence electrons. The molecule has 1 spiro atoms. The lowest BCUT2D eigenvalue weighted by Crippen LogP contribution is -2.49. The van der Waals surface area contributed by atoms with Gasteiger partial charge in [-0.2, -0.15) is 0 Å². The molecule has 0 aromatic rings. The molecule has 25 heavy (non-hydrogen) atoms. The van der Waals surface area contributed by atoms with Gasteiger partial charge in [0.1, 0.15) is 6.10 Å². The molecule has 1 atom stereocenters. The zero-order valence-corrected chi connectivity index (χ0v) is 14.5. The number of rotatable bonds is 3. The second-order valence-electron chi connectivity index (χ2n) is 7.20. The van der Waals surface area contributed by atoms with E-state index < -0.39 is 17.6 Å². The fourth-order valence-corrected chi connectivity index (χ4v) is 3.86. The minimum atomic E-state index is -0.634. The number of carbonyl (C=O) groups excluding carboxylic acids is 3. The van der Waals surface area contributed by atoms with Crippen molar-refractivity contribution in [1.29, 1.82) is 0 Å². The van der Waals surface area contributed by atoms with Crippen molar-refractivity contribution in [2.45, 2.75) is 56.8 Å². The monoisotopic (exact) mass is 353 g/mol. The number of amides is 3. The van der Waals surface area contributed by atoms with Crippen molar-refractivity contribution in [3.05, 3.63) is 0 Å². The number of ether oxygens (including phenoxy) is 2. The first kappa shape index (κ1) is 18.1. The Bertz CT molecular complexity index is 524. The standard InChI is InChI=1S/C17H27N3O5/c18-14(21)12-4-8-20(9-5-12)16(23)15(22)19-10-13-11-24-17(25-13)6-2-1-3-7-17/h12-13H,1-11H2,(H2,18,21)(H,19,22)/t13-/m1/s1. The van der Waals surface area contributed by atoms with Gasteiger partial charge in [-0.15, -0.1) is 0 Å². The van der Waals surface area contributed by atoms with Crippen LogP contribution in [0.5, 0.6) is 0 Å². The molecule has 3 fully saturated rings. The third-order valence-corrected chi connectivity index (χ3v) is 5.40. The first-order valence-corrected chi connectivity index (χ1v) is 9.17. The van der Waals surface area contributed by atoms with E-state index in [0.717, 1.165) is 25.7 Å². The van der Waals surface area contributed by atoms with Gasteiger partial charge >= 0.3 is 11.8 Å². The van der Waals surface area contributed by atoms with Crippen LogP contribution in [0.2, 0.25) is 0 Å². The quantitative estimate of drug-likeness (QED) is 0.689. The number of piperidine rings is 1. The van der Waals surface area contributed by atoms with Crippen molar-refractivity contribution < 1.29 is 23.9 Å². The van der Waals surface area contributed by atoms with E-state index >= 15 is 0 Å². The van der Waals surface area contributed by atoms with E-state index in [1.807, 2.05) is 0 Å². The third kappa shape index (κ3) is 4.30. The van der Waals surface area contributed by atoms with Crippen molar-refractivity contribution in [1.82, 2.24) is 10.2 Å². The zero-order valence-electron chi connectivity index (χ0n) is 14.5. The third-order valence-electron chi connectivity index (χ3n) is 5.40. The van der Waals surface area contributed by atoms with E-state index in [1.165, 1.54) is 11.3 Å². The van der Waals surface area contributed by atoms with Gasteiger partial charge in [0.05, 0.1) is 6.61 Å². The molecule has 8 heteroatoms. The van der Waals surface area contributed by atoms with Gasteiger partial charge < -0.3 is 25.4 Å². The van der Waals surface area contributed by atoms with Gasteiger partial charge in [0.25, 0.3) is 0 Å². The van der Waals surface area contributed by atoms with Crippen LogP contribution in [0.3, 0.4) is 0 Å². The Balaban J connectivity index is 1.41.